The highest BCUT2D eigenvalue weighted by Gasteiger charge is 1.99. The Hall–Kier alpha value is -0.0400. The van der Waals surface area contributed by atoms with Crippen molar-refractivity contribution in [3.05, 3.63) is 0 Å². The lowest BCUT2D eigenvalue weighted by Crippen LogP contribution is -2.07. The zero-order chi connectivity index (χ0) is 6.41. The maximum absolute atomic E-state index is 5.14. The molecule has 1 nitrogen and oxygen atoms in total. The minimum Gasteiger partial charge on any atom is -0.381 e. The molecule has 0 aromatic carbocycles. The van der Waals surface area contributed by atoms with Gasteiger partial charge in [-0.25, -0.2) is 0 Å². The van der Waals surface area contributed by atoms with Crippen LogP contribution in [0.25, 0.3) is 0 Å². The summed E-state index contributed by atoms with van der Waals surface area (Å²) in [7, 11) is 1.78. The highest BCUT2D eigenvalue weighted by molar-refractivity contribution is 4.50. The van der Waals surface area contributed by atoms with Crippen LogP contribution in [0.15, 0.2) is 0 Å². The number of hydrogen-bond donors (Lipinski definition) is 0. The van der Waals surface area contributed by atoms with Crippen LogP contribution in [0, 0.1) is 0 Å². The van der Waals surface area contributed by atoms with Gasteiger partial charge in [0, 0.05) is 7.11 Å². The molecule has 0 spiro atoms. The Kier molecular flexibility index (Phi) is 10.4. The number of ether oxygens (including phenoxy) is 1. The molecule has 0 bridgehead atoms. The van der Waals surface area contributed by atoms with Crippen molar-refractivity contribution in [1.29, 1.82) is 0 Å². The topological polar surface area (TPSA) is 9.23 Å². The molecule has 0 radical (unpaired) electrons. The van der Waals surface area contributed by atoms with Crippen molar-refractivity contribution in [2.24, 2.45) is 0 Å². The molecule has 9 heavy (non-hydrogen) atoms. The van der Waals surface area contributed by atoms with Crippen LogP contribution in [-0.4, -0.2) is 13.2 Å². The van der Waals surface area contributed by atoms with Crippen molar-refractivity contribution in [3.8, 4) is 0 Å². The summed E-state index contributed by atoms with van der Waals surface area (Å²) < 4.78 is 5.14. The summed E-state index contributed by atoms with van der Waals surface area (Å²) in [5, 5.41) is 0. The maximum atomic E-state index is 5.14. The van der Waals surface area contributed by atoms with Crippen molar-refractivity contribution in [2.75, 3.05) is 7.11 Å². The van der Waals surface area contributed by atoms with E-state index in [2.05, 4.69) is 13.8 Å². The lowest BCUT2D eigenvalue weighted by molar-refractivity contribution is 0.0915. The van der Waals surface area contributed by atoms with Gasteiger partial charge in [-0.3, -0.25) is 0 Å². The Morgan fingerprint density at radius 3 is 2.00 bits per heavy atom. The van der Waals surface area contributed by atoms with E-state index < -0.39 is 0 Å². The molecule has 0 amide bonds. The van der Waals surface area contributed by atoms with Crippen molar-refractivity contribution in [1.82, 2.24) is 0 Å². The molecular weight excluding hydrogens is 112 g/mol. The molecule has 0 aromatic rings. The molecule has 0 saturated carbocycles. The van der Waals surface area contributed by atoms with E-state index in [9.17, 15) is 0 Å². The van der Waals surface area contributed by atoms with E-state index in [1.807, 2.05) is 0 Å². The second kappa shape index (κ2) is 7.96. The van der Waals surface area contributed by atoms with Gasteiger partial charge in [-0.1, -0.05) is 27.7 Å². The van der Waals surface area contributed by atoms with Crippen LogP contribution >= 0.6 is 0 Å². The Morgan fingerprint density at radius 2 is 1.89 bits per heavy atom. The summed E-state index contributed by atoms with van der Waals surface area (Å²) in [5.74, 6) is 0. The molecule has 0 fully saturated rings. The van der Waals surface area contributed by atoms with Gasteiger partial charge < -0.3 is 4.74 Å². The van der Waals surface area contributed by atoms with E-state index in [-0.39, 0.29) is 7.43 Å². The van der Waals surface area contributed by atoms with Crippen molar-refractivity contribution in [2.45, 2.75) is 46.6 Å². The second-order valence-electron chi connectivity index (χ2n) is 2.05. The molecule has 0 aliphatic carbocycles. The van der Waals surface area contributed by atoms with Gasteiger partial charge in [0.2, 0.25) is 0 Å². The van der Waals surface area contributed by atoms with E-state index >= 15 is 0 Å². The quantitative estimate of drug-likeness (QED) is 0.571. The highest BCUT2D eigenvalue weighted by atomic mass is 16.5. The third kappa shape index (κ3) is 5.84. The molecule has 1 heteroatoms. The normalized spacial score (nSPS) is 12.3. The Labute approximate surface area is 59.4 Å². The van der Waals surface area contributed by atoms with E-state index in [0.717, 1.165) is 6.42 Å². The van der Waals surface area contributed by atoms with Gasteiger partial charge in [0.05, 0.1) is 6.10 Å². The number of rotatable bonds is 4. The predicted molar refractivity (Wildman–Crippen MR) is 42.7 cm³/mol. The van der Waals surface area contributed by atoms with Gasteiger partial charge in [0.15, 0.2) is 0 Å². The zero-order valence-electron chi connectivity index (χ0n) is 6.11. The smallest absolute Gasteiger partial charge is 0.0568 e. The average Bonchev–Trinajstić information content (AvgIpc) is 1.83. The minimum atomic E-state index is 0. The van der Waals surface area contributed by atoms with Crippen LogP contribution in [0.3, 0.4) is 0 Å². The molecule has 0 rings (SSSR count). The molecule has 58 valence electrons. The van der Waals surface area contributed by atoms with E-state index in [4.69, 9.17) is 4.74 Å². The van der Waals surface area contributed by atoms with Crippen LogP contribution < -0.4 is 0 Å². The Bertz CT molecular complexity index is 39.8. The highest BCUT2D eigenvalue weighted by Crippen LogP contribution is 2.03. The van der Waals surface area contributed by atoms with E-state index in [1.165, 1.54) is 12.8 Å². The number of methoxy groups -OCH3 is 1. The lowest BCUT2D eigenvalue weighted by atomic mass is 10.2. The fourth-order valence-electron chi connectivity index (χ4n) is 0.811. The van der Waals surface area contributed by atoms with Gasteiger partial charge in [-0.2, -0.15) is 0 Å². The van der Waals surface area contributed by atoms with Gasteiger partial charge in [0.1, 0.15) is 0 Å². The molecule has 0 N–H and O–H groups in total. The third-order valence-electron chi connectivity index (χ3n) is 1.40. The summed E-state index contributed by atoms with van der Waals surface area (Å²) in [5.41, 5.74) is 0. The molecular formula is C8H20O. The third-order valence-corrected chi connectivity index (χ3v) is 1.40. The summed E-state index contributed by atoms with van der Waals surface area (Å²) in [6, 6.07) is 0. The largest absolute Gasteiger partial charge is 0.381 e. The van der Waals surface area contributed by atoms with E-state index in [0.29, 0.717) is 6.10 Å². The summed E-state index contributed by atoms with van der Waals surface area (Å²) in [6.07, 6.45) is 4.07. The van der Waals surface area contributed by atoms with Gasteiger partial charge in [-0.05, 0) is 12.8 Å². The molecule has 0 aliphatic rings. The second-order valence-corrected chi connectivity index (χ2v) is 2.05. The van der Waals surface area contributed by atoms with Crippen LogP contribution in [0.5, 0.6) is 0 Å². The summed E-state index contributed by atoms with van der Waals surface area (Å²) in [6.45, 7) is 4.34. The Balaban J connectivity index is 0. The van der Waals surface area contributed by atoms with Gasteiger partial charge in [-0.15, -0.1) is 0 Å². The summed E-state index contributed by atoms with van der Waals surface area (Å²) >= 11 is 0. The lowest BCUT2D eigenvalue weighted by Gasteiger charge is -2.09. The first kappa shape index (κ1) is 11.7. The van der Waals surface area contributed by atoms with Crippen LogP contribution in [0.2, 0.25) is 0 Å². The first-order valence-corrected chi connectivity index (χ1v) is 3.37. The van der Waals surface area contributed by atoms with Crippen molar-refractivity contribution < 1.29 is 4.74 Å². The van der Waals surface area contributed by atoms with Gasteiger partial charge in [0.25, 0.3) is 0 Å². The standard InChI is InChI=1S/C7H16O.CH4/c1-4-6-7(5-2)8-3;/h7H,4-6H2,1-3H3;1H4. The molecule has 0 saturated heterocycles. The minimum absolute atomic E-state index is 0. The predicted octanol–water partition coefficient (Wildman–Crippen LogP) is 2.85. The molecule has 0 aromatic heterocycles. The zero-order valence-corrected chi connectivity index (χ0v) is 6.11. The molecule has 0 aliphatic heterocycles. The van der Waals surface area contributed by atoms with Crippen molar-refractivity contribution >= 4 is 0 Å². The average molecular weight is 132 g/mol. The first-order chi connectivity index (χ1) is 3.85. The SMILES string of the molecule is C.CCCC(CC)OC. The van der Waals surface area contributed by atoms with Gasteiger partial charge >= 0.3 is 0 Å². The molecule has 1 unspecified atom stereocenters. The summed E-state index contributed by atoms with van der Waals surface area (Å²) in [4.78, 5) is 0. The maximum Gasteiger partial charge on any atom is 0.0568 e. The fraction of sp³-hybridized carbons (Fsp3) is 1.00. The fourth-order valence-corrected chi connectivity index (χ4v) is 0.811. The number of hydrogen-bond acceptors (Lipinski definition) is 1. The van der Waals surface area contributed by atoms with Crippen LogP contribution in [-0.2, 0) is 4.74 Å². The molecule has 1 atom stereocenters. The molecule has 0 heterocycles. The van der Waals surface area contributed by atoms with Crippen LogP contribution in [0.1, 0.15) is 40.5 Å². The first-order valence-electron chi connectivity index (χ1n) is 3.37. The van der Waals surface area contributed by atoms with E-state index in [1.54, 1.807) is 7.11 Å². The monoisotopic (exact) mass is 132 g/mol. The van der Waals surface area contributed by atoms with Crippen LogP contribution in [0.4, 0.5) is 0 Å². The van der Waals surface area contributed by atoms with Crippen molar-refractivity contribution in [3.63, 3.8) is 0 Å². The Morgan fingerprint density at radius 1 is 1.33 bits per heavy atom.